The van der Waals surface area contributed by atoms with Gasteiger partial charge in [-0.3, -0.25) is 4.79 Å². The minimum atomic E-state index is -0.262. The van der Waals surface area contributed by atoms with Crippen molar-refractivity contribution in [3.05, 3.63) is 101 Å². The van der Waals surface area contributed by atoms with Crippen molar-refractivity contribution in [1.29, 1.82) is 0 Å². The summed E-state index contributed by atoms with van der Waals surface area (Å²) in [6, 6.07) is 17.3. The van der Waals surface area contributed by atoms with E-state index in [0.29, 0.717) is 11.6 Å². The number of amides is 1. The lowest BCUT2D eigenvalue weighted by Crippen LogP contribution is -2.29. The number of halogens is 1. The molecule has 2 aromatic heterocycles. The van der Waals surface area contributed by atoms with Crippen molar-refractivity contribution in [1.82, 2.24) is 29.9 Å². The Labute approximate surface area is 185 Å². The molecule has 4 rings (SSSR count). The third kappa shape index (κ3) is 5.19. The molecule has 2 aromatic carbocycles. The van der Waals surface area contributed by atoms with Gasteiger partial charge in [0.15, 0.2) is 5.69 Å². The molecule has 0 aliphatic heterocycles. The van der Waals surface area contributed by atoms with Gasteiger partial charge in [-0.2, -0.15) is 0 Å². The second-order valence-corrected chi connectivity index (χ2v) is 7.69. The fourth-order valence-electron chi connectivity index (χ4n) is 3.43. The van der Waals surface area contributed by atoms with Crippen LogP contribution in [0.5, 0.6) is 0 Å². The molecule has 158 valence electrons. The molecule has 0 aliphatic rings. The Kier molecular flexibility index (Phi) is 6.43. The highest BCUT2D eigenvalue weighted by Gasteiger charge is 2.18. The van der Waals surface area contributed by atoms with Crippen LogP contribution in [0.4, 0.5) is 0 Å². The van der Waals surface area contributed by atoms with Gasteiger partial charge in [0.1, 0.15) is 5.82 Å². The van der Waals surface area contributed by atoms with Crippen LogP contribution in [-0.2, 0) is 13.1 Å². The van der Waals surface area contributed by atoms with Gasteiger partial charge >= 0.3 is 0 Å². The van der Waals surface area contributed by atoms with Crippen molar-refractivity contribution in [3.8, 4) is 0 Å². The van der Waals surface area contributed by atoms with E-state index in [0.717, 1.165) is 29.9 Å². The van der Waals surface area contributed by atoms with Gasteiger partial charge in [-0.25, -0.2) is 9.67 Å². The number of carbonyl (C=O) groups excluding carboxylic acids is 1. The molecule has 8 heteroatoms. The van der Waals surface area contributed by atoms with Crippen LogP contribution in [0.15, 0.2) is 73.2 Å². The number of rotatable bonds is 8. The summed E-state index contributed by atoms with van der Waals surface area (Å²) in [4.78, 5) is 17.2. The zero-order valence-corrected chi connectivity index (χ0v) is 17.9. The first-order chi connectivity index (χ1) is 15.1. The quantitative estimate of drug-likeness (QED) is 0.454. The molecule has 0 saturated carbocycles. The maximum Gasteiger partial charge on any atom is 0.273 e. The Morgan fingerprint density at radius 2 is 1.90 bits per heavy atom. The zero-order chi connectivity index (χ0) is 21.6. The summed E-state index contributed by atoms with van der Waals surface area (Å²) >= 11 is 6.22. The molecule has 1 amide bonds. The monoisotopic (exact) mass is 434 g/mol. The van der Waals surface area contributed by atoms with Crippen molar-refractivity contribution in [2.24, 2.45) is 0 Å². The largest absolute Gasteiger partial charge is 0.344 e. The Hall–Kier alpha value is -3.45. The number of hydrogen-bond donors (Lipinski definition) is 1. The smallest absolute Gasteiger partial charge is 0.273 e. The van der Waals surface area contributed by atoms with Crippen LogP contribution in [0.25, 0.3) is 0 Å². The summed E-state index contributed by atoms with van der Waals surface area (Å²) in [5, 5.41) is 11.9. The minimum absolute atomic E-state index is 0.163. The summed E-state index contributed by atoms with van der Waals surface area (Å²) in [7, 11) is 0. The number of carbonyl (C=O) groups is 1. The van der Waals surface area contributed by atoms with Gasteiger partial charge in [-0.05, 0) is 30.5 Å². The van der Waals surface area contributed by atoms with Crippen LogP contribution in [0.1, 0.15) is 39.9 Å². The second-order valence-electron chi connectivity index (χ2n) is 7.29. The fraction of sp³-hybridized carbons (Fsp3) is 0.217. The highest BCUT2D eigenvalue weighted by molar-refractivity contribution is 6.31. The van der Waals surface area contributed by atoms with Gasteiger partial charge in [0.2, 0.25) is 0 Å². The Balaban J connectivity index is 1.46. The molecular formula is C23H23ClN6O. The van der Waals surface area contributed by atoms with Crippen molar-refractivity contribution >= 4 is 17.5 Å². The number of benzene rings is 2. The first-order valence-corrected chi connectivity index (χ1v) is 10.4. The predicted molar refractivity (Wildman–Crippen MR) is 119 cm³/mol. The van der Waals surface area contributed by atoms with E-state index >= 15 is 0 Å². The molecule has 0 aliphatic carbocycles. The summed E-state index contributed by atoms with van der Waals surface area (Å²) in [5.74, 6) is 0.683. The van der Waals surface area contributed by atoms with E-state index < -0.39 is 0 Å². The molecule has 2 heterocycles. The summed E-state index contributed by atoms with van der Waals surface area (Å²) < 4.78 is 3.68. The molecule has 1 unspecified atom stereocenters. The summed E-state index contributed by atoms with van der Waals surface area (Å²) in [5.41, 5.74) is 2.22. The third-order valence-electron chi connectivity index (χ3n) is 5.15. The zero-order valence-electron chi connectivity index (χ0n) is 17.1. The number of nitrogens with zero attached hydrogens (tertiary/aromatic N) is 5. The Morgan fingerprint density at radius 3 is 2.65 bits per heavy atom. The van der Waals surface area contributed by atoms with Crippen LogP contribution < -0.4 is 5.32 Å². The number of imidazole rings is 1. The lowest BCUT2D eigenvalue weighted by Gasteiger charge is -2.19. The third-order valence-corrected chi connectivity index (χ3v) is 5.52. The van der Waals surface area contributed by atoms with Gasteiger partial charge in [0.25, 0.3) is 5.91 Å². The number of nitrogens with one attached hydrogen (secondary N) is 1. The first-order valence-electron chi connectivity index (χ1n) is 10.1. The van der Waals surface area contributed by atoms with Crippen molar-refractivity contribution < 1.29 is 4.79 Å². The van der Waals surface area contributed by atoms with Crippen LogP contribution in [0.3, 0.4) is 0 Å². The van der Waals surface area contributed by atoms with E-state index in [1.807, 2.05) is 67.7 Å². The summed E-state index contributed by atoms with van der Waals surface area (Å²) in [6.07, 6.45) is 6.09. The topological polar surface area (TPSA) is 77.6 Å². The minimum Gasteiger partial charge on any atom is -0.344 e. The summed E-state index contributed by atoms with van der Waals surface area (Å²) in [6.45, 7) is 3.15. The van der Waals surface area contributed by atoms with Crippen LogP contribution in [0, 0.1) is 6.92 Å². The van der Waals surface area contributed by atoms with Crippen LogP contribution >= 0.6 is 11.6 Å². The van der Waals surface area contributed by atoms with Crippen molar-refractivity contribution in [3.63, 3.8) is 0 Å². The average molecular weight is 435 g/mol. The standard InChI is InChI=1S/C23H23ClN6O/c1-17-25-12-14-29(17)13-11-21(18-7-3-2-4-8-18)26-23(31)22-16-30(28-27-22)15-19-9-5-6-10-20(19)24/h2-10,12,14,16,21H,11,13,15H2,1H3,(H,26,31). The Bertz CT molecular complexity index is 1150. The van der Waals surface area contributed by atoms with Gasteiger partial charge < -0.3 is 9.88 Å². The van der Waals surface area contributed by atoms with Crippen LogP contribution in [-0.4, -0.2) is 30.5 Å². The van der Waals surface area contributed by atoms with E-state index in [1.54, 1.807) is 17.1 Å². The van der Waals surface area contributed by atoms with Gasteiger partial charge in [-0.1, -0.05) is 65.3 Å². The molecule has 4 aromatic rings. The number of aryl methyl sites for hydroxylation is 2. The highest BCUT2D eigenvalue weighted by Crippen LogP contribution is 2.19. The molecule has 0 bridgehead atoms. The van der Waals surface area contributed by atoms with Gasteiger partial charge in [0.05, 0.1) is 18.8 Å². The lowest BCUT2D eigenvalue weighted by molar-refractivity contribution is 0.0928. The molecule has 0 saturated heterocycles. The molecule has 1 atom stereocenters. The second kappa shape index (κ2) is 9.57. The van der Waals surface area contributed by atoms with E-state index in [-0.39, 0.29) is 17.6 Å². The molecule has 0 fully saturated rings. The average Bonchev–Trinajstić information content (AvgIpc) is 3.42. The molecule has 7 nitrogen and oxygen atoms in total. The maximum absolute atomic E-state index is 12.9. The number of aromatic nitrogens is 5. The van der Waals surface area contributed by atoms with E-state index in [4.69, 9.17) is 11.6 Å². The fourth-order valence-corrected chi connectivity index (χ4v) is 3.62. The van der Waals surface area contributed by atoms with Crippen molar-refractivity contribution in [2.45, 2.75) is 32.5 Å². The van der Waals surface area contributed by atoms with Gasteiger partial charge in [-0.15, -0.1) is 5.10 Å². The molecule has 31 heavy (non-hydrogen) atoms. The van der Waals surface area contributed by atoms with Gasteiger partial charge in [0, 0.05) is 24.0 Å². The van der Waals surface area contributed by atoms with E-state index in [9.17, 15) is 4.79 Å². The Morgan fingerprint density at radius 1 is 1.13 bits per heavy atom. The predicted octanol–water partition coefficient (Wildman–Crippen LogP) is 4.05. The normalized spacial score (nSPS) is 11.9. The molecule has 0 radical (unpaired) electrons. The molecule has 1 N–H and O–H groups in total. The van der Waals surface area contributed by atoms with Crippen molar-refractivity contribution in [2.75, 3.05) is 0 Å². The lowest BCUT2D eigenvalue weighted by atomic mass is 10.0. The highest BCUT2D eigenvalue weighted by atomic mass is 35.5. The first kappa shape index (κ1) is 20.8. The SMILES string of the molecule is Cc1nccn1CCC(NC(=O)c1cn(Cc2ccccc2Cl)nn1)c1ccccc1. The van der Waals surface area contributed by atoms with E-state index in [2.05, 4.69) is 25.2 Å². The van der Waals surface area contributed by atoms with E-state index in [1.165, 1.54) is 0 Å². The maximum atomic E-state index is 12.9. The molecular weight excluding hydrogens is 412 g/mol. The number of hydrogen-bond acceptors (Lipinski definition) is 4. The molecule has 0 spiro atoms. The van der Waals surface area contributed by atoms with Crippen LogP contribution in [0.2, 0.25) is 5.02 Å².